The Morgan fingerprint density at radius 1 is 0.667 bits per heavy atom. The number of methoxy groups -OCH3 is 3. The first-order chi connectivity index (χ1) is 25.7. The van der Waals surface area contributed by atoms with Gasteiger partial charge in [-0.3, -0.25) is 4.21 Å². The summed E-state index contributed by atoms with van der Waals surface area (Å²) >= 11 is 1.49. The number of hydrogen-bond acceptors (Lipinski definition) is 16. The zero-order chi connectivity index (χ0) is 39.9. The predicted molar refractivity (Wildman–Crippen MR) is 204 cm³/mol. The van der Waals surface area contributed by atoms with Gasteiger partial charge < -0.3 is 14.2 Å². The van der Waals surface area contributed by atoms with E-state index in [0.29, 0.717) is 39.4 Å². The summed E-state index contributed by atoms with van der Waals surface area (Å²) in [5, 5.41) is 0.972. The monoisotopic (exact) mass is 798 g/mol. The van der Waals surface area contributed by atoms with Crippen molar-refractivity contribution in [3.63, 3.8) is 0 Å². The van der Waals surface area contributed by atoms with Crippen molar-refractivity contribution in [1.29, 1.82) is 0 Å². The molecule has 6 rings (SSSR count). The van der Waals surface area contributed by atoms with Crippen molar-refractivity contribution in [2.75, 3.05) is 40.1 Å². The zero-order valence-electron chi connectivity index (χ0n) is 30.9. The fourth-order valence-electron chi connectivity index (χ4n) is 4.93. The van der Waals surface area contributed by atoms with Crippen LogP contribution in [0.5, 0.6) is 0 Å². The fourth-order valence-corrected chi connectivity index (χ4v) is 7.07. The van der Waals surface area contributed by atoms with Gasteiger partial charge in [0.05, 0.1) is 32.1 Å². The van der Waals surface area contributed by atoms with Crippen molar-refractivity contribution in [3.05, 3.63) is 71.0 Å². The van der Waals surface area contributed by atoms with E-state index < -0.39 is 38.5 Å². The van der Waals surface area contributed by atoms with E-state index in [2.05, 4.69) is 54.4 Å². The van der Waals surface area contributed by atoms with Crippen LogP contribution in [0.15, 0.2) is 34.8 Å². The molecular weight excluding hydrogens is 757 g/mol. The molecule has 3 heterocycles. The Morgan fingerprint density at radius 3 is 1.37 bits per heavy atom. The summed E-state index contributed by atoms with van der Waals surface area (Å²) < 4.78 is 49.3. The van der Waals surface area contributed by atoms with E-state index in [4.69, 9.17) is 9.47 Å². The highest BCUT2D eigenvalue weighted by molar-refractivity contribution is 7.98. The van der Waals surface area contributed by atoms with E-state index in [-0.39, 0.29) is 33.8 Å². The fraction of sp³-hybridized carbons (Fsp3) is 0.417. The van der Waals surface area contributed by atoms with E-state index in [1.807, 2.05) is 6.26 Å². The van der Waals surface area contributed by atoms with Crippen LogP contribution in [0.2, 0.25) is 0 Å². The molecule has 0 radical (unpaired) electrons. The molecular formula is C36H42N6O9S3. The van der Waals surface area contributed by atoms with E-state index in [0.717, 1.165) is 55.6 Å². The van der Waals surface area contributed by atoms with Crippen LogP contribution < -0.4 is 0 Å². The highest BCUT2D eigenvalue weighted by Gasteiger charge is 2.33. The molecule has 3 aliphatic rings. The lowest BCUT2D eigenvalue weighted by molar-refractivity contribution is 0.0584. The van der Waals surface area contributed by atoms with Gasteiger partial charge in [0.15, 0.2) is 31.9 Å². The van der Waals surface area contributed by atoms with Crippen LogP contribution in [0.3, 0.4) is 0 Å². The minimum Gasteiger partial charge on any atom is -0.464 e. The lowest BCUT2D eigenvalue weighted by Gasteiger charge is -2.10. The molecule has 0 N–H and O–H groups in total. The number of rotatable bonds is 12. The van der Waals surface area contributed by atoms with E-state index in [1.54, 1.807) is 6.08 Å². The standard InChI is InChI=1S/C12H14N2O4S.C12H14N2O3S.C12H14N2O2S/c1-4-8-9(12(15)18-2)13-10(7-5-6-7)14-11(8)19(3,16)17;1-4-8-9(12(15)17-2)13-10(7-5-6-7)14-11(8)18(3)16;1-4-8-9(12(15)16-2)13-10(7-5-6-7)14-11(8)17-3/h4,7H,1,5-6H2,2-3H3;4,7H,1,5-6H2,2-3H3;4,7H,1,5-6H2,2-3H3. The minimum atomic E-state index is -3.57. The van der Waals surface area contributed by atoms with Crippen LogP contribution >= 0.6 is 11.8 Å². The van der Waals surface area contributed by atoms with Gasteiger partial charge in [-0.1, -0.05) is 38.0 Å². The third kappa shape index (κ3) is 10.1. The summed E-state index contributed by atoms with van der Waals surface area (Å²) in [6.45, 7) is 10.8. The molecule has 0 aromatic carbocycles. The zero-order valence-corrected chi connectivity index (χ0v) is 33.4. The Bertz CT molecular complexity index is 2130. The third-order valence-corrected chi connectivity index (χ3v) is 10.7. The largest absolute Gasteiger partial charge is 0.464 e. The van der Waals surface area contributed by atoms with Gasteiger partial charge >= 0.3 is 17.9 Å². The number of ether oxygens (including phenoxy) is 3. The number of esters is 3. The summed E-state index contributed by atoms with van der Waals surface area (Å²) in [6, 6.07) is 0. The summed E-state index contributed by atoms with van der Waals surface area (Å²) in [4.78, 5) is 60.6. The molecule has 3 aromatic rings. The molecule has 0 saturated heterocycles. The van der Waals surface area contributed by atoms with Gasteiger partial charge in [0, 0.05) is 47.0 Å². The number of aromatic nitrogens is 6. The minimum absolute atomic E-state index is 0.0465. The van der Waals surface area contributed by atoms with Crippen LogP contribution in [0.4, 0.5) is 0 Å². The number of thioether (sulfide) groups is 1. The lowest BCUT2D eigenvalue weighted by Crippen LogP contribution is -2.15. The van der Waals surface area contributed by atoms with Crippen LogP contribution in [0.25, 0.3) is 18.2 Å². The normalized spacial score (nSPS) is 15.2. The SMILES string of the molecule is C=Cc1c(C(=O)OC)nc(C2CC2)nc1S(C)(=O)=O.C=Cc1c(C(=O)OC)nc(C2CC2)nc1S(C)=O.C=Cc1c(SC)nc(C2CC2)nc1C(=O)OC. The topological polar surface area (TPSA) is 207 Å². The number of carbonyl (C=O) groups is 3. The Kier molecular flexibility index (Phi) is 14.1. The van der Waals surface area contributed by atoms with Crippen molar-refractivity contribution in [2.45, 2.75) is 71.4 Å². The first kappa shape index (κ1) is 42.1. The third-order valence-electron chi connectivity index (χ3n) is 8.18. The number of nitrogens with zero attached hydrogens (tertiary/aromatic N) is 6. The maximum atomic E-state index is 11.8. The summed E-state index contributed by atoms with van der Waals surface area (Å²) in [6.07, 6.45) is 14.8. The molecule has 0 bridgehead atoms. The summed E-state index contributed by atoms with van der Waals surface area (Å²) in [7, 11) is -1.01. The number of sulfone groups is 1. The quantitative estimate of drug-likeness (QED) is 0.0997. The summed E-state index contributed by atoms with van der Waals surface area (Å²) in [5.41, 5.74) is 1.58. The van der Waals surface area contributed by atoms with Gasteiger partial charge in [0.25, 0.3) is 0 Å². The highest BCUT2D eigenvalue weighted by atomic mass is 32.2. The molecule has 3 aliphatic carbocycles. The van der Waals surface area contributed by atoms with Crippen LogP contribution in [-0.2, 0) is 34.8 Å². The molecule has 54 heavy (non-hydrogen) atoms. The molecule has 3 aromatic heterocycles. The molecule has 0 aliphatic heterocycles. The van der Waals surface area contributed by atoms with E-state index in [9.17, 15) is 27.0 Å². The average Bonchev–Trinajstić information content (AvgIpc) is 4.00. The molecule has 288 valence electrons. The maximum absolute atomic E-state index is 11.8. The van der Waals surface area contributed by atoms with Crippen molar-refractivity contribution in [3.8, 4) is 0 Å². The first-order valence-electron chi connectivity index (χ1n) is 16.6. The molecule has 15 nitrogen and oxygen atoms in total. The smallest absolute Gasteiger partial charge is 0.357 e. The van der Waals surface area contributed by atoms with Crippen molar-refractivity contribution in [1.82, 2.24) is 29.9 Å². The lowest BCUT2D eigenvalue weighted by atomic mass is 10.2. The van der Waals surface area contributed by atoms with Gasteiger partial charge in [-0.2, -0.15) is 0 Å². The highest BCUT2D eigenvalue weighted by Crippen LogP contribution is 2.41. The van der Waals surface area contributed by atoms with Crippen molar-refractivity contribution < 1.29 is 41.2 Å². The number of hydrogen-bond donors (Lipinski definition) is 0. The number of carbonyl (C=O) groups excluding carboxylic acids is 3. The molecule has 0 spiro atoms. The molecule has 3 saturated carbocycles. The predicted octanol–water partition coefficient (Wildman–Crippen LogP) is 5.21. The average molecular weight is 799 g/mol. The van der Waals surface area contributed by atoms with Crippen molar-refractivity contribution in [2.24, 2.45) is 0 Å². The maximum Gasteiger partial charge on any atom is 0.357 e. The van der Waals surface area contributed by atoms with Crippen LogP contribution in [0, 0.1) is 0 Å². The molecule has 3 fully saturated rings. The van der Waals surface area contributed by atoms with Gasteiger partial charge in [-0.05, 0) is 44.8 Å². The van der Waals surface area contributed by atoms with Crippen LogP contribution in [-0.4, -0.2) is 101 Å². The van der Waals surface area contributed by atoms with Gasteiger partial charge in [0.1, 0.15) is 27.5 Å². The van der Waals surface area contributed by atoms with E-state index >= 15 is 0 Å². The summed E-state index contributed by atoms with van der Waals surface area (Å²) in [5.74, 6) is 0.836. The second-order valence-corrected chi connectivity index (χ2v) is 16.3. The van der Waals surface area contributed by atoms with Gasteiger partial charge in [-0.25, -0.2) is 52.7 Å². The van der Waals surface area contributed by atoms with Crippen LogP contribution in [0.1, 0.15) is 122 Å². The molecule has 1 atom stereocenters. The van der Waals surface area contributed by atoms with Gasteiger partial charge in [0.2, 0.25) is 0 Å². The Hall–Kier alpha value is -4.68. The first-order valence-corrected chi connectivity index (χ1v) is 21.3. The molecule has 18 heteroatoms. The molecule has 1 unspecified atom stereocenters. The molecule has 0 amide bonds. The Balaban J connectivity index is 0.000000181. The van der Waals surface area contributed by atoms with Gasteiger partial charge in [-0.15, -0.1) is 11.8 Å². The van der Waals surface area contributed by atoms with E-state index in [1.165, 1.54) is 51.5 Å². The Morgan fingerprint density at radius 2 is 1.04 bits per heavy atom. The Labute approximate surface area is 320 Å². The van der Waals surface area contributed by atoms with Crippen molar-refractivity contribution >= 4 is 68.5 Å². The second-order valence-electron chi connectivity index (χ2n) is 12.3. The second kappa shape index (κ2) is 18.1.